The summed E-state index contributed by atoms with van der Waals surface area (Å²) in [6.45, 7) is 12.1. The Balaban J connectivity index is 1.96. The van der Waals surface area contributed by atoms with E-state index in [2.05, 4.69) is 20.4 Å². The van der Waals surface area contributed by atoms with Crippen molar-refractivity contribution >= 4 is 17.1 Å². The molecule has 9 heteroatoms. The first-order chi connectivity index (χ1) is 14.1. The third-order valence-corrected chi connectivity index (χ3v) is 4.69. The lowest BCUT2D eigenvalue weighted by Gasteiger charge is -2.23. The van der Waals surface area contributed by atoms with E-state index < -0.39 is 23.5 Å². The van der Waals surface area contributed by atoms with Crippen molar-refractivity contribution in [3.05, 3.63) is 64.8 Å². The molecule has 1 heterocycles. The maximum absolute atomic E-state index is 13.5. The molecular weight excluding hydrogens is 395 g/mol. The van der Waals surface area contributed by atoms with Gasteiger partial charge in [0.15, 0.2) is 5.69 Å². The van der Waals surface area contributed by atoms with Gasteiger partial charge >= 0.3 is 6.18 Å². The van der Waals surface area contributed by atoms with Crippen molar-refractivity contribution < 1.29 is 17.6 Å². The van der Waals surface area contributed by atoms with E-state index in [9.17, 15) is 13.2 Å². The van der Waals surface area contributed by atoms with Crippen LogP contribution in [0.1, 0.15) is 36.9 Å². The van der Waals surface area contributed by atoms with Gasteiger partial charge in [0.2, 0.25) is 11.8 Å². The summed E-state index contributed by atoms with van der Waals surface area (Å²) < 4.78 is 46.3. The van der Waals surface area contributed by atoms with Crippen molar-refractivity contribution in [1.82, 2.24) is 10.2 Å². The largest absolute Gasteiger partial charge is 0.418 e. The zero-order valence-corrected chi connectivity index (χ0v) is 16.6. The molecule has 0 aliphatic rings. The van der Waals surface area contributed by atoms with Gasteiger partial charge in [0, 0.05) is 16.9 Å². The number of nitrogen functional groups attached to an aromatic ring is 1. The van der Waals surface area contributed by atoms with Gasteiger partial charge in [0.1, 0.15) is 6.04 Å². The van der Waals surface area contributed by atoms with Crippen molar-refractivity contribution in [3.63, 3.8) is 0 Å². The molecule has 1 aromatic heterocycles. The smallest absolute Gasteiger partial charge is 0.407 e. The van der Waals surface area contributed by atoms with Gasteiger partial charge in [0.25, 0.3) is 0 Å². The van der Waals surface area contributed by atoms with E-state index in [4.69, 9.17) is 16.7 Å². The number of anilines is 2. The highest BCUT2D eigenvalue weighted by molar-refractivity contribution is 5.67. The molecule has 0 unspecified atom stereocenters. The van der Waals surface area contributed by atoms with E-state index in [1.807, 2.05) is 13.8 Å². The van der Waals surface area contributed by atoms with E-state index >= 15 is 0 Å². The van der Waals surface area contributed by atoms with Crippen LogP contribution in [0.2, 0.25) is 0 Å². The van der Waals surface area contributed by atoms with Crippen LogP contribution < -0.4 is 11.1 Å². The minimum Gasteiger partial charge on any atom is -0.418 e. The predicted molar refractivity (Wildman–Crippen MR) is 108 cm³/mol. The number of hydrogen-bond acceptors (Lipinski definition) is 5. The van der Waals surface area contributed by atoms with Gasteiger partial charge in [-0.1, -0.05) is 19.9 Å². The fourth-order valence-corrected chi connectivity index (χ4v) is 3.09. The Labute approximate surface area is 171 Å². The summed E-state index contributed by atoms with van der Waals surface area (Å²) in [6, 6.07) is 9.00. The van der Waals surface area contributed by atoms with Crippen molar-refractivity contribution in [2.24, 2.45) is 5.92 Å². The lowest BCUT2D eigenvalue weighted by atomic mass is 10.0. The van der Waals surface area contributed by atoms with Crippen LogP contribution in [-0.4, -0.2) is 10.2 Å². The van der Waals surface area contributed by atoms with Crippen LogP contribution >= 0.6 is 0 Å². The van der Waals surface area contributed by atoms with Crippen LogP contribution in [-0.2, 0) is 6.18 Å². The summed E-state index contributed by atoms with van der Waals surface area (Å²) in [4.78, 5) is 3.01. The number of nitrogens with zero attached hydrogens (tertiary/aromatic N) is 3. The molecule has 0 bridgehead atoms. The molecule has 0 saturated heterocycles. The minimum atomic E-state index is -4.64. The zero-order valence-electron chi connectivity index (χ0n) is 16.6. The maximum Gasteiger partial charge on any atom is 0.407 e. The van der Waals surface area contributed by atoms with Gasteiger partial charge in [-0.25, -0.2) is 4.85 Å². The Kier molecular flexibility index (Phi) is 5.69. The maximum atomic E-state index is 13.5. The third kappa shape index (κ3) is 4.22. The van der Waals surface area contributed by atoms with Crippen molar-refractivity contribution in [3.8, 4) is 11.5 Å². The number of halogens is 3. The van der Waals surface area contributed by atoms with Gasteiger partial charge in [-0.3, -0.25) is 0 Å². The second-order valence-corrected chi connectivity index (χ2v) is 7.18. The SMILES string of the molecule is [C-]#[N+]c1ccc(N[C@@H](c2nnc(-c3ccc(N)cc3)o2)C(C)C)c(C)c1C(F)(F)F. The first kappa shape index (κ1) is 21.2. The summed E-state index contributed by atoms with van der Waals surface area (Å²) in [5.41, 5.74) is 5.78. The predicted octanol–water partition coefficient (Wildman–Crippen LogP) is 6.01. The average Bonchev–Trinajstić information content (AvgIpc) is 3.15. The molecule has 0 spiro atoms. The van der Waals surface area contributed by atoms with Gasteiger partial charge < -0.3 is 15.5 Å². The van der Waals surface area contributed by atoms with Crippen LogP contribution in [0.5, 0.6) is 0 Å². The lowest BCUT2D eigenvalue weighted by Crippen LogP contribution is -2.19. The van der Waals surface area contributed by atoms with E-state index in [1.165, 1.54) is 13.0 Å². The number of benzene rings is 2. The molecule has 6 nitrogen and oxygen atoms in total. The molecule has 0 aliphatic heterocycles. The van der Waals surface area contributed by atoms with Gasteiger partial charge in [-0.15, -0.1) is 10.2 Å². The van der Waals surface area contributed by atoms with Crippen molar-refractivity contribution in [1.29, 1.82) is 0 Å². The Hall–Kier alpha value is -3.54. The monoisotopic (exact) mass is 415 g/mol. The van der Waals surface area contributed by atoms with Crippen LogP contribution in [0, 0.1) is 19.4 Å². The summed E-state index contributed by atoms with van der Waals surface area (Å²) in [5.74, 6) is 0.464. The van der Waals surface area contributed by atoms with Gasteiger partial charge in [-0.05, 0) is 48.7 Å². The molecule has 3 aromatic rings. The number of aromatic nitrogens is 2. The summed E-state index contributed by atoms with van der Waals surface area (Å²) in [7, 11) is 0. The van der Waals surface area contributed by atoms with E-state index in [0.717, 1.165) is 6.07 Å². The van der Waals surface area contributed by atoms with Crippen molar-refractivity contribution in [2.75, 3.05) is 11.1 Å². The zero-order chi connectivity index (χ0) is 22.1. The molecular formula is C21H20F3N5O. The summed E-state index contributed by atoms with van der Waals surface area (Å²) in [6.07, 6.45) is -4.64. The molecule has 0 aliphatic carbocycles. The Bertz CT molecular complexity index is 1080. The second-order valence-electron chi connectivity index (χ2n) is 7.18. The molecule has 30 heavy (non-hydrogen) atoms. The number of alkyl halides is 3. The Morgan fingerprint density at radius 3 is 2.33 bits per heavy atom. The molecule has 156 valence electrons. The topological polar surface area (TPSA) is 81.3 Å². The number of nitrogens with two attached hydrogens (primary N) is 1. The Morgan fingerprint density at radius 1 is 1.10 bits per heavy atom. The van der Waals surface area contributed by atoms with E-state index in [-0.39, 0.29) is 29.0 Å². The van der Waals surface area contributed by atoms with Crippen LogP contribution in [0.4, 0.5) is 30.2 Å². The van der Waals surface area contributed by atoms with Crippen molar-refractivity contribution in [2.45, 2.75) is 33.0 Å². The molecule has 1 atom stereocenters. The van der Waals surface area contributed by atoms with Crippen LogP contribution in [0.25, 0.3) is 16.3 Å². The van der Waals surface area contributed by atoms with Gasteiger partial charge in [0.05, 0.1) is 12.1 Å². The molecule has 0 saturated carbocycles. The highest BCUT2D eigenvalue weighted by Gasteiger charge is 2.36. The second kappa shape index (κ2) is 8.06. The molecule has 3 rings (SSSR count). The first-order valence-electron chi connectivity index (χ1n) is 9.16. The molecule has 3 N–H and O–H groups in total. The first-order valence-corrected chi connectivity index (χ1v) is 9.16. The van der Waals surface area contributed by atoms with Gasteiger partial charge in [-0.2, -0.15) is 13.2 Å². The Morgan fingerprint density at radius 2 is 1.77 bits per heavy atom. The quantitative estimate of drug-likeness (QED) is 0.394. The normalized spacial score (nSPS) is 12.6. The fourth-order valence-electron chi connectivity index (χ4n) is 3.09. The van der Waals surface area contributed by atoms with Crippen LogP contribution in [0.15, 0.2) is 40.8 Å². The van der Waals surface area contributed by atoms with E-state index in [0.29, 0.717) is 11.3 Å². The molecule has 2 aromatic carbocycles. The molecule has 0 fully saturated rings. The van der Waals surface area contributed by atoms with E-state index in [1.54, 1.807) is 24.3 Å². The molecule has 0 amide bonds. The number of nitrogens with one attached hydrogen (secondary N) is 1. The average molecular weight is 415 g/mol. The fraction of sp³-hybridized carbons (Fsp3) is 0.286. The minimum absolute atomic E-state index is 0.0556. The lowest BCUT2D eigenvalue weighted by molar-refractivity contribution is -0.137. The number of hydrogen-bond donors (Lipinski definition) is 2. The third-order valence-electron chi connectivity index (χ3n) is 4.69. The molecule has 0 radical (unpaired) electrons. The standard InChI is InChI=1S/C21H20F3N5O/c1-11(2)18(20-29-28-19(30-20)13-5-7-14(25)8-6-13)27-15-9-10-16(26-4)17(12(15)3)21(22,23)24/h5-11,18,27H,25H2,1-3H3/t18-/m1/s1. The summed E-state index contributed by atoms with van der Waals surface area (Å²) >= 11 is 0. The highest BCUT2D eigenvalue weighted by Crippen LogP contribution is 2.42. The number of rotatable bonds is 5. The van der Waals surface area contributed by atoms with Crippen LogP contribution in [0.3, 0.4) is 0 Å². The summed E-state index contributed by atoms with van der Waals surface area (Å²) in [5, 5.41) is 11.2. The highest BCUT2D eigenvalue weighted by atomic mass is 19.4.